The van der Waals surface area contributed by atoms with E-state index in [9.17, 15) is 8.78 Å². The molecule has 0 unspecified atom stereocenters. The molecule has 0 saturated carbocycles. The van der Waals surface area contributed by atoms with Gasteiger partial charge in [0.2, 0.25) is 0 Å². The lowest BCUT2D eigenvalue weighted by Gasteiger charge is -2.03. The van der Waals surface area contributed by atoms with Crippen LogP contribution >= 0.6 is 0 Å². The Morgan fingerprint density at radius 2 is 1.11 bits per heavy atom. The molecule has 0 aliphatic carbocycles. The fourth-order valence-electron chi connectivity index (χ4n) is 3.88. The number of benzene rings is 3. The Hall–Kier alpha value is -3.36. The summed E-state index contributed by atoms with van der Waals surface area (Å²) in [5, 5.41) is 0. The van der Waals surface area contributed by atoms with Crippen LogP contribution in [0.3, 0.4) is 0 Å². The van der Waals surface area contributed by atoms with Crippen molar-refractivity contribution in [3.05, 3.63) is 106 Å². The standard InChI is InChI=1S/C33H34F2/c1-3-5-7-9-11-30-22-19-28(24-32(30)34)16-17-29-20-23-31(33(35)25-29)21-18-27-14-12-26(13-15-27)10-8-6-4-2/h12-15,19-20,22-25H,3-11H2,1-2H3. The minimum Gasteiger partial charge on any atom is -0.207 e. The first-order valence-electron chi connectivity index (χ1n) is 12.8. The van der Waals surface area contributed by atoms with Gasteiger partial charge in [-0.05, 0) is 79.3 Å². The molecular weight excluding hydrogens is 434 g/mol. The number of halogens is 2. The summed E-state index contributed by atoms with van der Waals surface area (Å²) in [6.07, 6.45) is 9.93. The molecule has 0 atom stereocenters. The van der Waals surface area contributed by atoms with Gasteiger partial charge in [0.05, 0.1) is 5.56 Å². The van der Waals surface area contributed by atoms with Crippen LogP contribution in [0, 0.1) is 35.3 Å². The monoisotopic (exact) mass is 468 g/mol. The zero-order valence-electron chi connectivity index (χ0n) is 20.9. The van der Waals surface area contributed by atoms with Gasteiger partial charge in [-0.25, -0.2) is 8.78 Å². The van der Waals surface area contributed by atoms with Gasteiger partial charge in [0, 0.05) is 16.7 Å². The third kappa shape index (κ3) is 8.73. The molecule has 0 heterocycles. The highest BCUT2D eigenvalue weighted by Gasteiger charge is 2.03. The lowest BCUT2D eigenvalue weighted by atomic mass is 10.0. The normalized spacial score (nSPS) is 10.3. The summed E-state index contributed by atoms with van der Waals surface area (Å²) in [7, 11) is 0. The molecule has 0 nitrogen and oxygen atoms in total. The molecule has 0 N–H and O–H groups in total. The molecule has 0 amide bonds. The van der Waals surface area contributed by atoms with E-state index >= 15 is 0 Å². The highest BCUT2D eigenvalue weighted by molar-refractivity contribution is 5.49. The van der Waals surface area contributed by atoms with Crippen molar-refractivity contribution in [3.8, 4) is 23.7 Å². The van der Waals surface area contributed by atoms with E-state index in [0.29, 0.717) is 16.7 Å². The van der Waals surface area contributed by atoms with Crippen LogP contribution in [0.5, 0.6) is 0 Å². The first-order valence-corrected chi connectivity index (χ1v) is 12.8. The van der Waals surface area contributed by atoms with Crippen molar-refractivity contribution in [3.63, 3.8) is 0 Å². The average molecular weight is 469 g/mol. The Kier molecular flexibility index (Phi) is 10.6. The van der Waals surface area contributed by atoms with E-state index in [1.54, 1.807) is 12.1 Å². The van der Waals surface area contributed by atoms with E-state index < -0.39 is 5.82 Å². The van der Waals surface area contributed by atoms with Crippen molar-refractivity contribution in [1.82, 2.24) is 0 Å². The molecule has 0 aliphatic rings. The summed E-state index contributed by atoms with van der Waals surface area (Å²) >= 11 is 0. The summed E-state index contributed by atoms with van der Waals surface area (Å²) < 4.78 is 29.0. The zero-order valence-corrected chi connectivity index (χ0v) is 20.9. The summed E-state index contributed by atoms with van der Waals surface area (Å²) in [5.41, 5.74) is 4.35. The second-order valence-electron chi connectivity index (χ2n) is 8.97. The first kappa shape index (κ1) is 26.2. The van der Waals surface area contributed by atoms with Crippen LogP contribution < -0.4 is 0 Å². The molecule has 0 bridgehead atoms. The maximum Gasteiger partial charge on any atom is 0.140 e. The minimum atomic E-state index is -0.408. The molecule has 3 aromatic rings. The molecule has 35 heavy (non-hydrogen) atoms. The van der Waals surface area contributed by atoms with Crippen molar-refractivity contribution in [1.29, 1.82) is 0 Å². The zero-order chi connectivity index (χ0) is 24.9. The van der Waals surface area contributed by atoms with Crippen LogP contribution in [0.1, 0.15) is 92.2 Å². The van der Waals surface area contributed by atoms with Gasteiger partial charge in [-0.3, -0.25) is 0 Å². The predicted octanol–water partition coefficient (Wildman–Crippen LogP) is 8.62. The summed E-state index contributed by atoms with van der Waals surface area (Å²) in [5.74, 6) is 11.2. The number of rotatable bonds is 9. The van der Waals surface area contributed by atoms with E-state index in [1.807, 2.05) is 24.3 Å². The quantitative estimate of drug-likeness (QED) is 0.218. The van der Waals surface area contributed by atoms with Crippen molar-refractivity contribution >= 4 is 0 Å². The van der Waals surface area contributed by atoms with Crippen LogP contribution in [0.15, 0.2) is 60.7 Å². The molecule has 0 fully saturated rings. The largest absolute Gasteiger partial charge is 0.207 e. The third-order valence-corrected chi connectivity index (χ3v) is 6.04. The van der Waals surface area contributed by atoms with Crippen molar-refractivity contribution in [2.75, 3.05) is 0 Å². The average Bonchev–Trinajstić information content (AvgIpc) is 2.87. The maximum absolute atomic E-state index is 14.6. The lowest BCUT2D eigenvalue weighted by Crippen LogP contribution is -1.92. The summed E-state index contributed by atoms with van der Waals surface area (Å²) in [6.45, 7) is 4.36. The van der Waals surface area contributed by atoms with Crippen molar-refractivity contribution in [2.45, 2.75) is 71.6 Å². The van der Waals surface area contributed by atoms with Crippen LogP contribution in [-0.2, 0) is 12.8 Å². The fourth-order valence-corrected chi connectivity index (χ4v) is 3.88. The maximum atomic E-state index is 14.6. The van der Waals surface area contributed by atoms with Gasteiger partial charge in [-0.1, -0.05) is 87.8 Å². The van der Waals surface area contributed by atoms with Gasteiger partial charge in [0.25, 0.3) is 0 Å². The van der Waals surface area contributed by atoms with Gasteiger partial charge in [0.15, 0.2) is 0 Å². The van der Waals surface area contributed by atoms with E-state index in [4.69, 9.17) is 0 Å². The molecule has 180 valence electrons. The Balaban J connectivity index is 1.62. The summed E-state index contributed by atoms with van der Waals surface area (Å²) in [4.78, 5) is 0. The van der Waals surface area contributed by atoms with Gasteiger partial charge in [-0.2, -0.15) is 0 Å². The molecular formula is C33H34F2. The second kappa shape index (κ2) is 14.1. The predicted molar refractivity (Wildman–Crippen MR) is 142 cm³/mol. The Labute approximate surface area is 209 Å². The molecule has 0 saturated heterocycles. The van der Waals surface area contributed by atoms with Gasteiger partial charge >= 0.3 is 0 Å². The lowest BCUT2D eigenvalue weighted by molar-refractivity contribution is 0.593. The van der Waals surface area contributed by atoms with Crippen LogP contribution in [0.25, 0.3) is 0 Å². The topological polar surface area (TPSA) is 0 Å². The third-order valence-electron chi connectivity index (χ3n) is 6.04. The van der Waals surface area contributed by atoms with Gasteiger partial charge in [-0.15, -0.1) is 0 Å². The molecule has 3 rings (SSSR count). The van der Waals surface area contributed by atoms with E-state index in [2.05, 4.69) is 49.7 Å². The highest BCUT2D eigenvalue weighted by Crippen LogP contribution is 2.15. The number of hydrogen-bond donors (Lipinski definition) is 0. The van der Waals surface area contributed by atoms with Crippen LogP contribution in [-0.4, -0.2) is 0 Å². The smallest absolute Gasteiger partial charge is 0.140 e. The SMILES string of the molecule is CCCCCCc1ccc(C#Cc2ccc(C#Cc3ccc(CCCCC)cc3)c(F)c2)cc1F. The molecule has 0 aliphatic heterocycles. The first-order chi connectivity index (χ1) is 17.1. The van der Waals surface area contributed by atoms with E-state index in [1.165, 1.54) is 43.4 Å². The number of hydrogen-bond acceptors (Lipinski definition) is 0. The molecule has 0 radical (unpaired) electrons. The Morgan fingerprint density at radius 3 is 1.77 bits per heavy atom. The fraction of sp³-hybridized carbons (Fsp3) is 0.333. The second-order valence-corrected chi connectivity index (χ2v) is 8.97. The molecule has 3 aromatic carbocycles. The molecule has 0 aromatic heterocycles. The number of unbranched alkanes of at least 4 members (excludes halogenated alkanes) is 5. The van der Waals surface area contributed by atoms with E-state index in [-0.39, 0.29) is 5.82 Å². The van der Waals surface area contributed by atoms with Crippen LogP contribution in [0.2, 0.25) is 0 Å². The Morgan fingerprint density at radius 1 is 0.543 bits per heavy atom. The minimum absolute atomic E-state index is 0.223. The van der Waals surface area contributed by atoms with Gasteiger partial charge in [0.1, 0.15) is 11.6 Å². The molecule has 0 spiro atoms. The summed E-state index contributed by atoms with van der Waals surface area (Å²) in [6, 6.07) is 18.0. The van der Waals surface area contributed by atoms with Gasteiger partial charge < -0.3 is 0 Å². The van der Waals surface area contributed by atoms with Crippen molar-refractivity contribution in [2.24, 2.45) is 0 Å². The van der Waals surface area contributed by atoms with E-state index in [0.717, 1.165) is 43.2 Å². The number of aryl methyl sites for hydroxylation is 2. The Bertz CT molecular complexity index is 1210. The van der Waals surface area contributed by atoms with Crippen LogP contribution in [0.4, 0.5) is 8.78 Å². The highest BCUT2D eigenvalue weighted by atomic mass is 19.1. The van der Waals surface area contributed by atoms with Crippen molar-refractivity contribution < 1.29 is 8.78 Å². The molecule has 2 heteroatoms.